The molecule has 1 atom stereocenters. The first-order valence-electron chi connectivity index (χ1n) is 7.36. The van der Waals surface area contributed by atoms with Crippen molar-refractivity contribution in [3.63, 3.8) is 0 Å². The molecule has 0 N–H and O–H groups in total. The van der Waals surface area contributed by atoms with Gasteiger partial charge in [-0.1, -0.05) is 38.8 Å². The predicted molar refractivity (Wildman–Crippen MR) is 75.8 cm³/mol. The molecule has 0 aliphatic heterocycles. The van der Waals surface area contributed by atoms with Crippen molar-refractivity contribution >= 4 is 11.8 Å². The second-order valence-electron chi connectivity index (χ2n) is 5.60. The maximum absolute atomic E-state index is 12.3. The molecule has 0 aromatic carbocycles. The molecule has 0 saturated heterocycles. The Bertz CT molecular complexity index is 351. The van der Waals surface area contributed by atoms with Gasteiger partial charge in [-0.2, -0.15) is 0 Å². The van der Waals surface area contributed by atoms with Crippen LogP contribution in [0.4, 0.5) is 0 Å². The number of rotatable bonds is 6. The summed E-state index contributed by atoms with van der Waals surface area (Å²) in [4.78, 5) is 24.2. The van der Waals surface area contributed by atoms with E-state index in [0.29, 0.717) is 19.4 Å². The van der Waals surface area contributed by atoms with Gasteiger partial charge in [0.15, 0.2) is 0 Å². The van der Waals surface area contributed by atoms with Gasteiger partial charge in [0.2, 0.25) is 0 Å². The Balaban J connectivity index is 3.11. The maximum atomic E-state index is 12.3. The highest BCUT2D eigenvalue weighted by Gasteiger charge is 2.48. The van der Waals surface area contributed by atoms with Crippen molar-refractivity contribution < 1.29 is 14.3 Å². The summed E-state index contributed by atoms with van der Waals surface area (Å²) in [5.74, 6) is -0.278. The van der Waals surface area contributed by atoms with Crippen molar-refractivity contribution in [2.75, 3.05) is 6.61 Å². The van der Waals surface area contributed by atoms with Crippen LogP contribution in [0.5, 0.6) is 0 Å². The molecular weight excluding hydrogens is 240 g/mol. The van der Waals surface area contributed by atoms with E-state index in [1.165, 1.54) is 0 Å². The van der Waals surface area contributed by atoms with E-state index < -0.39 is 0 Å². The molecule has 0 amide bonds. The van der Waals surface area contributed by atoms with Crippen LogP contribution in [0.1, 0.15) is 59.3 Å². The lowest BCUT2D eigenvalue weighted by molar-refractivity contribution is -0.153. The van der Waals surface area contributed by atoms with Crippen LogP contribution in [-0.2, 0) is 14.3 Å². The molecule has 108 valence electrons. The van der Waals surface area contributed by atoms with Gasteiger partial charge in [0.05, 0.1) is 12.5 Å². The van der Waals surface area contributed by atoms with Crippen molar-refractivity contribution in [1.82, 2.24) is 0 Å². The zero-order chi connectivity index (χ0) is 14.5. The Morgan fingerprint density at radius 1 is 1.32 bits per heavy atom. The van der Waals surface area contributed by atoms with Gasteiger partial charge in [-0.25, -0.2) is 0 Å². The van der Waals surface area contributed by atoms with Crippen molar-refractivity contribution in [3.8, 4) is 0 Å². The van der Waals surface area contributed by atoms with E-state index in [4.69, 9.17) is 4.74 Å². The van der Waals surface area contributed by atoms with E-state index in [9.17, 15) is 9.59 Å². The third-order valence-electron chi connectivity index (χ3n) is 4.01. The molecule has 0 aromatic rings. The molecule has 1 aliphatic rings. The van der Waals surface area contributed by atoms with Crippen LogP contribution < -0.4 is 0 Å². The molecule has 19 heavy (non-hydrogen) atoms. The van der Waals surface area contributed by atoms with Crippen LogP contribution in [0.3, 0.4) is 0 Å². The van der Waals surface area contributed by atoms with Gasteiger partial charge in [-0.3, -0.25) is 9.59 Å². The maximum Gasteiger partial charge on any atom is 0.313 e. The predicted octanol–water partition coefficient (Wildman–Crippen LogP) is 3.67. The highest BCUT2D eigenvalue weighted by Crippen LogP contribution is 2.49. The SMILES string of the molecule is C=C1CC(=O)CC(CCC)(CCC)C1C(=O)OCC. The van der Waals surface area contributed by atoms with Crippen LogP contribution in [-0.4, -0.2) is 18.4 Å². The van der Waals surface area contributed by atoms with Crippen molar-refractivity contribution in [2.45, 2.75) is 59.3 Å². The number of ether oxygens (including phenoxy) is 1. The molecule has 0 spiro atoms. The number of hydrogen-bond donors (Lipinski definition) is 0. The minimum Gasteiger partial charge on any atom is -0.466 e. The Kier molecular flexibility index (Phi) is 5.77. The van der Waals surface area contributed by atoms with E-state index in [1.54, 1.807) is 0 Å². The molecule has 1 aliphatic carbocycles. The van der Waals surface area contributed by atoms with Crippen LogP contribution in [0.25, 0.3) is 0 Å². The van der Waals surface area contributed by atoms with Gasteiger partial charge in [0.1, 0.15) is 5.78 Å². The van der Waals surface area contributed by atoms with E-state index >= 15 is 0 Å². The van der Waals surface area contributed by atoms with Gasteiger partial charge in [0.25, 0.3) is 0 Å². The largest absolute Gasteiger partial charge is 0.466 e. The van der Waals surface area contributed by atoms with Crippen LogP contribution in [0.15, 0.2) is 12.2 Å². The number of ketones is 1. The standard InChI is InChI=1S/C16H26O3/c1-5-8-16(9-6-2)11-13(17)10-12(4)14(16)15(18)19-7-3/h14H,4-11H2,1-3H3. The monoisotopic (exact) mass is 266 g/mol. The zero-order valence-corrected chi connectivity index (χ0v) is 12.5. The second kappa shape index (κ2) is 6.88. The van der Waals surface area contributed by atoms with E-state index in [-0.39, 0.29) is 23.1 Å². The minimum absolute atomic E-state index is 0.193. The molecule has 0 aromatic heterocycles. The van der Waals surface area contributed by atoms with E-state index in [1.807, 2.05) is 6.92 Å². The smallest absolute Gasteiger partial charge is 0.313 e. The van der Waals surface area contributed by atoms with Crippen molar-refractivity contribution in [2.24, 2.45) is 11.3 Å². The summed E-state index contributed by atoms with van der Waals surface area (Å²) in [7, 11) is 0. The van der Waals surface area contributed by atoms with Crippen LogP contribution in [0, 0.1) is 11.3 Å². The minimum atomic E-state index is -0.301. The molecular formula is C16H26O3. The lowest BCUT2D eigenvalue weighted by Crippen LogP contribution is -2.43. The summed E-state index contributed by atoms with van der Waals surface area (Å²) in [6.45, 7) is 10.4. The Morgan fingerprint density at radius 2 is 1.89 bits per heavy atom. The first-order valence-corrected chi connectivity index (χ1v) is 7.36. The van der Waals surface area contributed by atoms with Gasteiger partial charge >= 0.3 is 5.97 Å². The summed E-state index contributed by atoms with van der Waals surface area (Å²) in [5.41, 5.74) is 0.485. The number of hydrogen-bond acceptors (Lipinski definition) is 3. The molecule has 1 unspecified atom stereocenters. The average Bonchev–Trinajstić information content (AvgIpc) is 2.28. The summed E-state index contributed by atoms with van der Waals surface area (Å²) in [5, 5.41) is 0. The topological polar surface area (TPSA) is 43.4 Å². The van der Waals surface area contributed by atoms with Crippen LogP contribution in [0.2, 0.25) is 0 Å². The second-order valence-corrected chi connectivity index (χ2v) is 5.60. The lowest BCUT2D eigenvalue weighted by Gasteiger charge is -2.43. The Labute approximate surface area is 116 Å². The van der Waals surface area contributed by atoms with Gasteiger partial charge in [-0.05, 0) is 25.2 Å². The molecule has 3 heteroatoms. The zero-order valence-electron chi connectivity index (χ0n) is 12.5. The first kappa shape index (κ1) is 15.9. The first-order chi connectivity index (χ1) is 9.00. The molecule has 0 heterocycles. The summed E-state index contributed by atoms with van der Waals surface area (Å²) >= 11 is 0. The molecule has 3 nitrogen and oxygen atoms in total. The van der Waals surface area contributed by atoms with Crippen molar-refractivity contribution in [1.29, 1.82) is 0 Å². The fourth-order valence-corrected chi connectivity index (χ4v) is 3.57. The lowest BCUT2D eigenvalue weighted by atomic mass is 9.60. The van der Waals surface area contributed by atoms with E-state index in [2.05, 4.69) is 20.4 Å². The van der Waals surface area contributed by atoms with Gasteiger partial charge in [0, 0.05) is 12.8 Å². The number of esters is 1. The number of carbonyl (C=O) groups is 2. The van der Waals surface area contributed by atoms with E-state index in [0.717, 1.165) is 31.3 Å². The highest BCUT2D eigenvalue weighted by atomic mass is 16.5. The number of Topliss-reactive ketones (excluding diaryl/α,β-unsaturated/α-hetero) is 1. The third kappa shape index (κ3) is 3.46. The fraction of sp³-hybridized carbons (Fsp3) is 0.750. The Hall–Kier alpha value is -1.12. The van der Waals surface area contributed by atoms with Gasteiger partial charge < -0.3 is 4.74 Å². The quantitative estimate of drug-likeness (QED) is 0.544. The van der Waals surface area contributed by atoms with Crippen LogP contribution >= 0.6 is 0 Å². The number of carbonyl (C=O) groups excluding carboxylic acids is 2. The molecule has 0 bridgehead atoms. The summed E-state index contributed by atoms with van der Waals surface area (Å²) in [6.07, 6.45) is 4.53. The fourth-order valence-electron chi connectivity index (χ4n) is 3.57. The summed E-state index contributed by atoms with van der Waals surface area (Å²) in [6, 6.07) is 0. The van der Waals surface area contributed by atoms with Gasteiger partial charge in [-0.15, -0.1) is 0 Å². The molecule has 1 rings (SSSR count). The normalized spacial score (nSPS) is 22.4. The third-order valence-corrected chi connectivity index (χ3v) is 4.01. The average molecular weight is 266 g/mol. The molecule has 1 fully saturated rings. The van der Waals surface area contributed by atoms with Crippen molar-refractivity contribution in [3.05, 3.63) is 12.2 Å². The molecule has 0 radical (unpaired) electrons. The summed E-state index contributed by atoms with van der Waals surface area (Å²) < 4.78 is 5.22. The highest BCUT2D eigenvalue weighted by molar-refractivity contribution is 5.88. The molecule has 1 saturated carbocycles. The Morgan fingerprint density at radius 3 is 2.37 bits per heavy atom.